The van der Waals surface area contributed by atoms with Gasteiger partial charge in [-0.2, -0.15) is 0 Å². The van der Waals surface area contributed by atoms with Crippen molar-refractivity contribution in [2.45, 2.75) is 25.7 Å². The third-order valence-corrected chi connectivity index (χ3v) is 4.71. The summed E-state index contributed by atoms with van der Waals surface area (Å²) in [7, 11) is 3.22. The second-order valence-electron chi connectivity index (χ2n) is 5.75. The Morgan fingerprint density at radius 1 is 1.05 bits per heavy atom. The molecule has 1 aromatic carbocycles. The minimum absolute atomic E-state index is 0.218. The second-order valence-corrected chi connectivity index (χ2v) is 5.75. The van der Waals surface area contributed by atoms with Crippen LogP contribution >= 0.6 is 0 Å². The Morgan fingerprint density at radius 2 is 1.74 bits per heavy atom. The van der Waals surface area contributed by atoms with Crippen molar-refractivity contribution in [3.8, 4) is 11.5 Å². The van der Waals surface area contributed by atoms with E-state index in [0.717, 1.165) is 17.9 Å². The Morgan fingerprint density at radius 3 is 2.21 bits per heavy atom. The number of carbonyl (C=O) groups excluding carboxylic acids is 1. The molecule has 3 atom stereocenters. The number of methoxy groups -OCH3 is 2. The normalized spacial score (nSPS) is 28.4. The van der Waals surface area contributed by atoms with Crippen molar-refractivity contribution in [2.24, 2.45) is 17.8 Å². The maximum atomic E-state index is 12.7. The standard InChI is InChI=1S/C16H20O3/c1-18-13-7-12(8-14(9-13)19-2)16(17)15-6-10-3-4-11(15)5-10/h7-11,15H,3-6H2,1-2H3. The maximum Gasteiger partial charge on any atom is 0.166 e. The van der Waals surface area contributed by atoms with Crippen LogP contribution < -0.4 is 9.47 Å². The smallest absolute Gasteiger partial charge is 0.166 e. The van der Waals surface area contributed by atoms with Gasteiger partial charge < -0.3 is 9.47 Å². The van der Waals surface area contributed by atoms with Gasteiger partial charge in [0.1, 0.15) is 11.5 Å². The summed E-state index contributed by atoms with van der Waals surface area (Å²) in [5.74, 6) is 3.25. The summed E-state index contributed by atoms with van der Waals surface area (Å²) in [5.41, 5.74) is 0.730. The van der Waals surface area contributed by atoms with Crippen molar-refractivity contribution in [1.82, 2.24) is 0 Å². The van der Waals surface area contributed by atoms with Crippen LogP contribution in [0.5, 0.6) is 11.5 Å². The Bertz CT molecular complexity index is 473. The van der Waals surface area contributed by atoms with E-state index >= 15 is 0 Å². The van der Waals surface area contributed by atoms with Crippen LogP contribution in [0.2, 0.25) is 0 Å². The van der Waals surface area contributed by atoms with E-state index < -0.39 is 0 Å². The number of carbonyl (C=O) groups is 1. The Hall–Kier alpha value is -1.51. The van der Waals surface area contributed by atoms with E-state index in [1.165, 1.54) is 19.3 Å². The molecule has 2 bridgehead atoms. The third kappa shape index (κ3) is 2.22. The first-order chi connectivity index (χ1) is 9.21. The zero-order valence-corrected chi connectivity index (χ0v) is 11.5. The van der Waals surface area contributed by atoms with Gasteiger partial charge >= 0.3 is 0 Å². The van der Waals surface area contributed by atoms with Gasteiger partial charge in [0.25, 0.3) is 0 Å². The highest BCUT2D eigenvalue weighted by Crippen LogP contribution is 2.49. The Kier molecular flexibility index (Phi) is 3.21. The topological polar surface area (TPSA) is 35.5 Å². The molecule has 0 aliphatic heterocycles. The SMILES string of the molecule is COc1cc(OC)cc(C(=O)C2CC3CCC2C3)c1. The molecule has 102 valence electrons. The van der Waals surface area contributed by atoms with E-state index in [2.05, 4.69) is 0 Å². The lowest BCUT2D eigenvalue weighted by molar-refractivity contribution is 0.0874. The molecular weight excluding hydrogens is 240 g/mol. The van der Waals surface area contributed by atoms with Crippen LogP contribution in [0.25, 0.3) is 0 Å². The van der Waals surface area contributed by atoms with E-state index in [1.54, 1.807) is 20.3 Å². The average molecular weight is 260 g/mol. The highest BCUT2D eigenvalue weighted by molar-refractivity contribution is 5.99. The van der Waals surface area contributed by atoms with Crippen LogP contribution in [0.3, 0.4) is 0 Å². The lowest BCUT2D eigenvalue weighted by atomic mass is 9.83. The van der Waals surface area contributed by atoms with E-state index in [-0.39, 0.29) is 11.7 Å². The predicted octanol–water partition coefficient (Wildman–Crippen LogP) is 3.32. The van der Waals surface area contributed by atoms with E-state index in [0.29, 0.717) is 17.4 Å². The molecule has 19 heavy (non-hydrogen) atoms. The molecule has 3 nitrogen and oxygen atoms in total. The quantitative estimate of drug-likeness (QED) is 0.779. The first-order valence-electron chi connectivity index (χ1n) is 6.98. The van der Waals surface area contributed by atoms with Gasteiger partial charge in [0.05, 0.1) is 14.2 Å². The zero-order chi connectivity index (χ0) is 13.4. The third-order valence-electron chi connectivity index (χ3n) is 4.71. The maximum absolute atomic E-state index is 12.7. The minimum Gasteiger partial charge on any atom is -0.497 e. The minimum atomic E-state index is 0.218. The van der Waals surface area contributed by atoms with Crippen molar-refractivity contribution in [2.75, 3.05) is 14.2 Å². The van der Waals surface area contributed by atoms with Crippen molar-refractivity contribution in [3.63, 3.8) is 0 Å². The molecule has 0 N–H and O–H groups in total. The van der Waals surface area contributed by atoms with E-state index in [9.17, 15) is 4.79 Å². The highest BCUT2D eigenvalue weighted by Gasteiger charge is 2.43. The lowest BCUT2D eigenvalue weighted by Crippen LogP contribution is -2.21. The number of fused-ring (bicyclic) bond motifs is 2. The van der Waals surface area contributed by atoms with Crippen LogP contribution in [-0.4, -0.2) is 20.0 Å². The molecule has 3 unspecified atom stereocenters. The van der Waals surface area contributed by atoms with Crippen LogP contribution in [0.1, 0.15) is 36.0 Å². The average Bonchev–Trinajstić information content (AvgIpc) is 3.08. The molecule has 2 fully saturated rings. The molecule has 0 aromatic heterocycles. The summed E-state index contributed by atoms with van der Waals surface area (Å²) in [6.45, 7) is 0. The number of hydrogen-bond acceptors (Lipinski definition) is 3. The number of benzene rings is 1. The fourth-order valence-corrected chi connectivity index (χ4v) is 3.73. The fourth-order valence-electron chi connectivity index (χ4n) is 3.73. The Labute approximate surface area is 113 Å². The number of Topliss-reactive ketones (excluding diaryl/α,β-unsaturated/α-hetero) is 1. The number of hydrogen-bond donors (Lipinski definition) is 0. The monoisotopic (exact) mass is 260 g/mol. The van der Waals surface area contributed by atoms with Crippen molar-refractivity contribution >= 4 is 5.78 Å². The predicted molar refractivity (Wildman–Crippen MR) is 72.8 cm³/mol. The van der Waals surface area contributed by atoms with Gasteiger partial charge in [-0.3, -0.25) is 4.79 Å². The van der Waals surface area contributed by atoms with E-state index in [1.807, 2.05) is 12.1 Å². The number of ketones is 1. The van der Waals surface area contributed by atoms with Crippen molar-refractivity contribution in [1.29, 1.82) is 0 Å². The first-order valence-corrected chi connectivity index (χ1v) is 6.98. The van der Waals surface area contributed by atoms with Gasteiger partial charge in [0, 0.05) is 17.5 Å². The van der Waals surface area contributed by atoms with Gasteiger partial charge in [-0.05, 0) is 43.2 Å². The lowest BCUT2D eigenvalue weighted by Gasteiger charge is -2.20. The summed E-state index contributed by atoms with van der Waals surface area (Å²) in [4.78, 5) is 12.7. The number of ether oxygens (including phenoxy) is 2. The summed E-state index contributed by atoms with van der Waals surface area (Å²) in [5, 5.41) is 0. The Balaban J connectivity index is 1.87. The largest absolute Gasteiger partial charge is 0.497 e. The molecule has 0 spiro atoms. The molecule has 0 amide bonds. The zero-order valence-electron chi connectivity index (χ0n) is 11.5. The molecule has 0 saturated heterocycles. The molecular formula is C16H20O3. The van der Waals surface area contributed by atoms with E-state index in [4.69, 9.17) is 9.47 Å². The van der Waals surface area contributed by atoms with Gasteiger partial charge in [-0.15, -0.1) is 0 Å². The molecule has 0 radical (unpaired) electrons. The molecule has 0 heterocycles. The fraction of sp³-hybridized carbons (Fsp3) is 0.562. The molecule has 3 rings (SSSR count). The first kappa shape index (κ1) is 12.5. The molecule has 2 aliphatic rings. The van der Waals surface area contributed by atoms with Crippen molar-refractivity contribution in [3.05, 3.63) is 23.8 Å². The summed E-state index contributed by atoms with van der Waals surface area (Å²) < 4.78 is 10.5. The highest BCUT2D eigenvalue weighted by atomic mass is 16.5. The van der Waals surface area contributed by atoms with Crippen LogP contribution in [0.4, 0.5) is 0 Å². The van der Waals surface area contributed by atoms with Crippen molar-refractivity contribution < 1.29 is 14.3 Å². The van der Waals surface area contributed by atoms with Crippen LogP contribution in [-0.2, 0) is 0 Å². The molecule has 3 heteroatoms. The summed E-state index contributed by atoms with van der Waals surface area (Å²) in [6, 6.07) is 5.46. The van der Waals surface area contributed by atoms with Gasteiger partial charge in [-0.25, -0.2) is 0 Å². The molecule has 2 saturated carbocycles. The van der Waals surface area contributed by atoms with Gasteiger partial charge in [-0.1, -0.05) is 6.42 Å². The van der Waals surface area contributed by atoms with Gasteiger partial charge in [0.2, 0.25) is 0 Å². The summed E-state index contributed by atoms with van der Waals surface area (Å²) in [6.07, 6.45) is 4.86. The van der Waals surface area contributed by atoms with Crippen LogP contribution in [0, 0.1) is 17.8 Å². The second kappa shape index (κ2) is 4.87. The van der Waals surface area contributed by atoms with Gasteiger partial charge in [0.15, 0.2) is 5.78 Å². The van der Waals surface area contributed by atoms with Crippen LogP contribution in [0.15, 0.2) is 18.2 Å². The molecule has 1 aromatic rings. The summed E-state index contributed by atoms with van der Waals surface area (Å²) >= 11 is 0. The molecule has 2 aliphatic carbocycles. The number of rotatable bonds is 4.